The smallest absolute Gasteiger partial charge is 0.325 e. The van der Waals surface area contributed by atoms with Crippen LogP contribution in [-0.2, 0) is 21.5 Å². The van der Waals surface area contributed by atoms with Gasteiger partial charge in [0.05, 0.1) is 0 Å². The van der Waals surface area contributed by atoms with Gasteiger partial charge in [-0.3, -0.25) is 14.5 Å². The summed E-state index contributed by atoms with van der Waals surface area (Å²) in [6.45, 7) is 1.56. The van der Waals surface area contributed by atoms with E-state index in [0.29, 0.717) is 6.42 Å². The van der Waals surface area contributed by atoms with Gasteiger partial charge in [0.25, 0.3) is 5.91 Å². The van der Waals surface area contributed by atoms with Crippen LogP contribution in [0.25, 0.3) is 0 Å². The van der Waals surface area contributed by atoms with Gasteiger partial charge in [-0.05, 0) is 49.9 Å². The molecule has 1 unspecified atom stereocenters. The van der Waals surface area contributed by atoms with E-state index < -0.39 is 11.6 Å². The summed E-state index contributed by atoms with van der Waals surface area (Å²) in [7, 11) is 1.76. The lowest BCUT2D eigenvalue weighted by Crippen LogP contribution is -2.49. The molecule has 27 heavy (non-hydrogen) atoms. The molecule has 2 saturated heterocycles. The highest BCUT2D eigenvalue weighted by Crippen LogP contribution is 2.41. The molecule has 4 rings (SSSR count). The normalized spacial score (nSPS) is 24.6. The maximum absolute atomic E-state index is 13.1. The number of halogens is 1. The van der Waals surface area contributed by atoms with Crippen LogP contribution in [0.4, 0.5) is 4.79 Å². The minimum Gasteiger partial charge on any atom is -0.341 e. The van der Waals surface area contributed by atoms with Gasteiger partial charge in [-0.25, -0.2) is 4.79 Å². The molecule has 7 nitrogen and oxygen atoms in total. The van der Waals surface area contributed by atoms with E-state index in [9.17, 15) is 14.4 Å². The highest BCUT2D eigenvalue weighted by molar-refractivity contribution is 6.09. The number of urea groups is 1. The average molecular weight is 393 g/mol. The predicted octanol–water partition coefficient (Wildman–Crippen LogP) is 1.01. The molecule has 1 spiro atoms. The zero-order valence-corrected chi connectivity index (χ0v) is 16.2. The first-order chi connectivity index (χ1) is 12.5. The van der Waals surface area contributed by atoms with Crippen molar-refractivity contribution in [2.45, 2.75) is 37.3 Å². The van der Waals surface area contributed by atoms with E-state index in [1.165, 1.54) is 0 Å². The topological polar surface area (TPSA) is 81.8 Å². The molecular formula is C19H25ClN4O3. The van der Waals surface area contributed by atoms with Crippen molar-refractivity contribution in [3.05, 3.63) is 35.4 Å². The van der Waals surface area contributed by atoms with Gasteiger partial charge in [0.2, 0.25) is 5.91 Å². The molecule has 4 amide bonds. The minimum absolute atomic E-state index is 0. The zero-order valence-electron chi connectivity index (χ0n) is 15.4. The first kappa shape index (κ1) is 19.6. The van der Waals surface area contributed by atoms with Crippen molar-refractivity contribution in [1.82, 2.24) is 20.4 Å². The third-order valence-electron chi connectivity index (χ3n) is 5.97. The molecular weight excluding hydrogens is 368 g/mol. The Balaban J connectivity index is 0.00000210. The van der Waals surface area contributed by atoms with E-state index >= 15 is 0 Å². The van der Waals surface area contributed by atoms with Crippen LogP contribution < -0.4 is 10.6 Å². The van der Waals surface area contributed by atoms with Crippen LogP contribution in [0.1, 0.15) is 30.4 Å². The summed E-state index contributed by atoms with van der Waals surface area (Å²) in [5.74, 6) is -0.497. The number of rotatable bonds is 3. The molecule has 0 radical (unpaired) electrons. The SMILES string of the molecule is CN(C(=O)CN1C(=O)NC2(CCc3ccccc32)C1=O)C1CCNCC1.Cl. The minimum atomic E-state index is -0.999. The Hall–Kier alpha value is -2.12. The first-order valence-corrected chi connectivity index (χ1v) is 9.22. The van der Waals surface area contributed by atoms with Crippen molar-refractivity contribution < 1.29 is 14.4 Å². The lowest BCUT2D eigenvalue weighted by Gasteiger charge is -2.32. The average Bonchev–Trinajstić information content (AvgIpc) is 3.15. The Bertz CT molecular complexity index is 765. The summed E-state index contributed by atoms with van der Waals surface area (Å²) in [6.07, 6.45) is 3.07. The number of likely N-dealkylation sites (N-methyl/N-ethyl adjacent to an activating group) is 1. The Morgan fingerprint density at radius 3 is 2.70 bits per heavy atom. The summed E-state index contributed by atoms with van der Waals surface area (Å²) in [5.41, 5.74) is 0.947. The number of nitrogens with one attached hydrogen (secondary N) is 2. The summed E-state index contributed by atoms with van der Waals surface area (Å²) in [6, 6.07) is 7.39. The van der Waals surface area contributed by atoms with E-state index in [0.717, 1.165) is 48.4 Å². The number of nitrogens with zero attached hydrogens (tertiary/aromatic N) is 2. The summed E-state index contributed by atoms with van der Waals surface area (Å²) in [5, 5.41) is 6.14. The van der Waals surface area contributed by atoms with Crippen molar-refractivity contribution in [3.63, 3.8) is 0 Å². The molecule has 1 aromatic carbocycles. The number of benzene rings is 1. The number of piperidine rings is 1. The van der Waals surface area contributed by atoms with Crippen molar-refractivity contribution in [1.29, 1.82) is 0 Å². The highest BCUT2D eigenvalue weighted by Gasteiger charge is 2.55. The number of fused-ring (bicyclic) bond motifs is 2. The number of carbonyl (C=O) groups is 3. The number of aryl methyl sites for hydroxylation is 1. The number of hydrogen-bond donors (Lipinski definition) is 2. The third kappa shape index (κ3) is 3.19. The quantitative estimate of drug-likeness (QED) is 0.752. The van der Waals surface area contributed by atoms with Gasteiger partial charge in [-0.15, -0.1) is 12.4 Å². The van der Waals surface area contributed by atoms with Gasteiger partial charge in [-0.1, -0.05) is 24.3 Å². The van der Waals surface area contributed by atoms with Gasteiger partial charge in [0, 0.05) is 13.1 Å². The fourth-order valence-electron chi connectivity index (χ4n) is 4.38. The van der Waals surface area contributed by atoms with Crippen LogP contribution in [-0.4, -0.2) is 60.4 Å². The zero-order chi connectivity index (χ0) is 18.3. The van der Waals surface area contributed by atoms with Crippen LogP contribution in [0, 0.1) is 0 Å². The molecule has 1 atom stereocenters. The van der Waals surface area contributed by atoms with Crippen molar-refractivity contribution in [2.75, 3.05) is 26.7 Å². The molecule has 0 saturated carbocycles. The van der Waals surface area contributed by atoms with Crippen LogP contribution >= 0.6 is 12.4 Å². The highest BCUT2D eigenvalue weighted by atomic mass is 35.5. The van der Waals surface area contributed by atoms with Crippen molar-refractivity contribution in [3.8, 4) is 0 Å². The van der Waals surface area contributed by atoms with E-state index in [1.54, 1.807) is 11.9 Å². The van der Waals surface area contributed by atoms with E-state index in [2.05, 4.69) is 10.6 Å². The van der Waals surface area contributed by atoms with Crippen molar-refractivity contribution in [2.24, 2.45) is 0 Å². The lowest BCUT2D eigenvalue weighted by atomic mass is 9.92. The van der Waals surface area contributed by atoms with Gasteiger partial charge in [-0.2, -0.15) is 0 Å². The monoisotopic (exact) mass is 392 g/mol. The van der Waals surface area contributed by atoms with Crippen molar-refractivity contribution >= 4 is 30.3 Å². The van der Waals surface area contributed by atoms with Gasteiger partial charge in [0.1, 0.15) is 12.1 Å². The van der Waals surface area contributed by atoms with Gasteiger partial charge >= 0.3 is 6.03 Å². The molecule has 2 fully saturated rings. The van der Waals surface area contributed by atoms with Crippen LogP contribution in [0.15, 0.2) is 24.3 Å². The predicted molar refractivity (Wildman–Crippen MR) is 103 cm³/mol. The molecule has 0 aromatic heterocycles. The Kier molecular flexibility index (Phi) is 5.44. The number of amides is 4. The van der Waals surface area contributed by atoms with E-state index in [1.807, 2.05) is 24.3 Å². The molecule has 2 aliphatic heterocycles. The lowest BCUT2D eigenvalue weighted by molar-refractivity contribution is -0.139. The maximum atomic E-state index is 13.1. The second-order valence-corrected chi connectivity index (χ2v) is 7.37. The Morgan fingerprint density at radius 1 is 1.26 bits per heavy atom. The van der Waals surface area contributed by atoms with E-state index in [-0.39, 0.29) is 36.8 Å². The first-order valence-electron chi connectivity index (χ1n) is 9.22. The molecule has 8 heteroatoms. The fourth-order valence-corrected chi connectivity index (χ4v) is 4.38. The van der Waals surface area contributed by atoms with Crippen LogP contribution in [0.3, 0.4) is 0 Å². The number of hydrogen-bond acceptors (Lipinski definition) is 4. The molecule has 0 bridgehead atoms. The maximum Gasteiger partial charge on any atom is 0.325 e. The third-order valence-corrected chi connectivity index (χ3v) is 5.97. The van der Waals surface area contributed by atoms with Gasteiger partial charge in [0.15, 0.2) is 0 Å². The molecule has 1 aromatic rings. The van der Waals surface area contributed by atoms with E-state index in [4.69, 9.17) is 0 Å². The van der Waals surface area contributed by atoms with Crippen LogP contribution in [0.2, 0.25) is 0 Å². The number of carbonyl (C=O) groups excluding carboxylic acids is 3. The molecule has 3 aliphatic rings. The van der Waals surface area contributed by atoms with Crippen LogP contribution in [0.5, 0.6) is 0 Å². The standard InChI is InChI=1S/C19H24N4O3.ClH/c1-22(14-7-10-20-11-8-14)16(24)12-23-17(25)19(21-18(23)26)9-6-13-4-2-3-5-15(13)19;/h2-5,14,20H,6-12H2,1H3,(H,21,26);1H. The number of imide groups is 1. The molecule has 2 heterocycles. The summed E-state index contributed by atoms with van der Waals surface area (Å²) >= 11 is 0. The Labute approximate surface area is 164 Å². The molecule has 2 N–H and O–H groups in total. The summed E-state index contributed by atoms with van der Waals surface area (Å²) < 4.78 is 0. The largest absolute Gasteiger partial charge is 0.341 e. The summed E-state index contributed by atoms with van der Waals surface area (Å²) in [4.78, 5) is 41.0. The molecule has 146 valence electrons. The fraction of sp³-hybridized carbons (Fsp3) is 0.526. The second-order valence-electron chi connectivity index (χ2n) is 7.37. The van der Waals surface area contributed by atoms with Gasteiger partial charge < -0.3 is 15.5 Å². The molecule has 1 aliphatic carbocycles. The Morgan fingerprint density at radius 2 is 1.96 bits per heavy atom. The second kappa shape index (κ2) is 7.48.